The molecule has 1 fully saturated rings. The molecule has 4 heteroatoms. The first-order valence-corrected chi connectivity index (χ1v) is 7.37. The molecule has 0 bridgehead atoms. The van der Waals surface area contributed by atoms with E-state index in [0.717, 1.165) is 30.8 Å². The van der Waals surface area contributed by atoms with Crippen molar-refractivity contribution >= 4 is 11.6 Å². The fourth-order valence-electron chi connectivity index (χ4n) is 2.53. The summed E-state index contributed by atoms with van der Waals surface area (Å²) in [6, 6.07) is 7.79. The van der Waals surface area contributed by atoms with Gasteiger partial charge < -0.3 is 15.4 Å². The van der Waals surface area contributed by atoms with Gasteiger partial charge in [-0.25, -0.2) is 0 Å². The van der Waals surface area contributed by atoms with Gasteiger partial charge in [0, 0.05) is 11.7 Å². The lowest BCUT2D eigenvalue weighted by Crippen LogP contribution is -2.44. The number of rotatable bonds is 4. The minimum Gasteiger partial charge on any atom is -0.491 e. The molecule has 4 nitrogen and oxygen atoms in total. The molecule has 1 saturated heterocycles. The van der Waals surface area contributed by atoms with Gasteiger partial charge in [-0.15, -0.1) is 0 Å². The van der Waals surface area contributed by atoms with Gasteiger partial charge in [0.2, 0.25) is 5.91 Å². The van der Waals surface area contributed by atoms with Crippen molar-refractivity contribution in [3.8, 4) is 5.75 Å². The third-order valence-corrected chi connectivity index (χ3v) is 3.59. The molecule has 0 aromatic heterocycles. The van der Waals surface area contributed by atoms with E-state index in [0.29, 0.717) is 0 Å². The topological polar surface area (TPSA) is 50.4 Å². The van der Waals surface area contributed by atoms with Gasteiger partial charge in [-0.2, -0.15) is 0 Å². The van der Waals surface area contributed by atoms with Gasteiger partial charge in [-0.3, -0.25) is 4.79 Å². The van der Waals surface area contributed by atoms with E-state index >= 15 is 0 Å². The van der Waals surface area contributed by atoms with Crippen molar-refractivity contribution in [1.29, 1.82) is 0 Å². The van der Waals surface area contributed by atoms with Crippen LogP contribution in [0.2, 0.25) is 0 Å². The van der Waals surface area contributed by atoms with E-state index < -0.39 is 0 Å². The Morgan fingerprint density at radius 3 is 2.65 bits per heavy atom. The Balaban J connectivity index is 1.93. The molecule has 1 aliphatic heterocycles. The maximum absolute atomic E-state index is 12.3. The van der Waals surface area contributed by atoms with Crippen molar-refractivity contribution < 1.29 is 9.53 Å². The van der Waals surface area contributed by atoms with Crippen LogP contribution in [-0.4, -0.2) is 24.6 Å². The number of ether oxygens (including phenoxy) is 1. The molecule has 1 amide bonds. The molecular formula is C16H24N2O2. The lowest BCUT2D eigenvalue weighted by Gasteiger charge is -2.28. The predicted octanol–water partition coefficient (Wildman–Crippen LogP) is 2.80. The average Bonchev–Trinajstić information content (AvgIpc) is 2.41. The molecule has 0 spiro atoms. The van der Waals surface area contributed by atoms with Crippen molar-refractivity contribution in [2.45, 2.75) is 45.8 Å². The van der Waals surface area contributed by atoms with E-state index in [2.05, 4.69) is 17.6 Å². The molecule has 110 valence electrons. The minimum absolute atomic E-state index is 0.0512. The Hall–Kier alpha value is -1.55. The molecule has 0 radical (unpaired) electrons. The molecule has 1 aliphatic rings. The largest absolute Gasteiger partial charge is 0.491 e. The Bertz CT molecular complexity index is 442. The van der Waals surface area contributed by atoms with Crippen molar-refractivity contribution in [3.05, 3.63) is 24.3 Å². The Morgan fingerprint density at radius 2 is 2.05 bits per heavy atom. The van der Waals surface area contributed by atoms with Gasteiger partial charge in [-0.05, 0) is 64.4 Å². The lowest BCUT2D eigenvalue weighted by molar-refractivity contribution is -0.121. The second kappa shape index (κ2) is 6.75. The highest BCUT2D eigenvalue weighted by Crippen LogP contribution is 2.21. The van der Waals surface area contributed by atoms with Gasteiger partial charge >= 0.3 is 0 Å². The summed E-state index contributed by atoms with van der Waals surface area (Å²) in [7, 11) is 0. The van der Waals surface area contributed by atoms with E-state index in [1.54, 1.807) is 0 Å². The molecule has 2 unspecified atom stereocenters. The third-order valence-electron chi connectivity index (χ3n) is 3.59. The quantitative estimate of drug-likeness (QED) is 0.889. The van der Waals surface area contributed by atoms with Gasteiger partial charge in [0.15, 0.2) is 0 Å². The number of hydrogen-bond donors (Lipinski definition) is 2. The van der Waals surface area contributed by atoms with Crippen LogP contribution in [0.4, 0.5) is 5.69 Å². The van der Waals surface area contributed by atoms with Crippen LogP contribution in [-0.2, 0) is 4.79 Å². The summed E-state index contributed by atoms with van der Waals surface area (Å²) in [5.41, 5.74) is 0.823. The van der Waals surface area contributed by atoms with Crippen LogP contribution < -0.4 is 15.4 Å². The van der Waals surface area contributed by atoms with E-state index in [1.165, 1.54) is 0 Å². The number of amides is 1. The third kappa shape index (κ3) is 3.97. The molecule has 0 aliphatic carbocycles. The number of carbonyl (C=O) groups is 1. The second-order valence-electron chi connectivity index (χ2n) is 5.67. The fraction of sp³-hybridized carbons (Fsp3) is 0.562. The van der Waals surface area contributed by atoms with E-state index in [9.17, 15) is 4.79 Å². The van der Waals surface area contributed by atoms with E-state index in [1.807, 2.05) is 38.1 Å². The molecule has 1 aromatic rings. The Morgan fingerprint density at radius 1 is 1.35 bits per heavy atom. The molecule has 2 rings (SSSR count). The predicted molar refractivity (Wildman–Crippen MR) is 81.0 cm³/mol. The van der Waals surface area contributed by atoms with Gasteiger partial charge in [0.25, 0.3) is 0 Å². The number of hydrogen-bond acceptors (Lipinski definition) is 3. The number of carbonyl (C=O) groups excluding carboxylic acids is 1. The normalized spacial score (nSPS) is 22.6. The number of benzene rings is 1. The smallest absolute Gasteiger partial charge is 0.229 e. The first-order valence-electron chi connectivity index (χ1n) is 7.37. The summed E-state index contributed by atoms with van der Waals surface area (Å²) in [6.07, 6.45) is 2.17. The molecule has 2 N–H and O–H groups in total. The fourth-order valence-corrected chi connectivity index (χ4v) is 2.53. The number of nitrogens with one attached hydrogen (secondary N) is 2. The Labute approximate surface area is 120 Å². The van der Waals surface area contributed by atoms with Crippen molar-refractivity contribution in [2.75, 3.05) is 11.9 Å². The van der Waals surface area contributed by atoms with Crippen LogP contribution in [0.25, 0.3) is 0 Å². The van der Waals surface area contributed by atoms with Crippen molar-refractivity contribution in [2.24, 2.45) is 5.92 Å². The zero-order valence-corrected chi connectivity index (χ0v) is 12.5. The van der Waals surface area contributed by atoms with Crippen molar-refractivity contribution in [1.82, 2.24) is 5.32 Å². The van der Waals surface area contributed by atoms with Gasteiger partial charge in [-0.1, -0.05) is 0 Å². The zero-order chi connectivity index (χ0) is 14.5. The molecule has 1 aromatic carbocycles. The van der Waals surface area contributed by atoms with Crippen LogP contribution >= 0.6 is 0 Å². The van der Waals surface area contributed by atoms with Gasteiger partial charge in [0.05, 0.1) is 12.0 Å². The zero-order valence-electron chi connectivity index (χ0n) is 12.5. The molecule has 1 heterocycles. The first kappa shape index (κ1) is 14.9. The monoisotopic (exact) mass is 276 g/mol. The van der Waals surface area contributed by atoms with Crippen LogP contribution in [0, 0.1) is 5.92 Å². The standard InChI is InChI=1S/C16H24N2O2/c1-11(2)20-14-8-6-13(7-9-14)18-16(19)15-5-4-10-17-12(15)3/h6-9,11-12,15,17H,4-5,10H2,1-3H3,(H,18,19). The molecular weight excluding hydrogens is 252 g/mol. The van der Waals surface area contributed by atoms with E-state index in [4.69, 9.17) is 4.74 Å². The second-order valence-corrected chi connectivity index (χ2v) is 5.67. The van der Waals surface area contributed by atoms with Crippen molar-refractivity contribution in [3.63, 3.8) is 0 Å². The van der Waals surface area contributed by atoms with Crippen LogP contribution in [0.3, 0.4) is 0 Å². The SMILES string of the molecule is CC(C)Oc1ccc(NC(=O)C2CCCNC2C)cc1. The number of piperidine rings is 1. The highest BCUT2D eigenvalue weighted by molar-refractivity contribution is 5.93. The van der Waals surface area contributed by atoms with Crippen LogP contribution in [0.5, 0.6) is 5.75 Å². The summed E-state index contributed by atoms with van der Waals surface area (Å²) >= 11 is 0. The minimum atomic E-state index is 0.0512. The summed E-state index contributed by atoms with van der Waals surface area (Å²) in [5.74, 6) is 0.975. The lowest BCUT2D eigenvalue weighted by atomic mass is 9.91. The maximum Gasteiger partial charge on any atom is 0.229 e. The molecule has 20 heavy (non-hydrogen) atoms. The summed E-state index contributed by atoms with van der Waals surface area (Å²) < 4.78 is 5.58. The van der Waals surface area contributed by atoms with Crippen LogP contribution in [0.1, 0.15) is 33.6 Å². The molecule has 0 saturated carbocycles. The van der Waals surface area contributed by atoms with Crippen LogP contribution in [0.15, 0.2) is 24.3 Å². The van der Waals surface area contributed by atoms with Gasteiger partial charge in [0.1, 0.15) is 5.75 Å². The van der Waals surface area contributed by atoms with E-state index in [-0.39, 0.29) is 24.0 Å². The molecule has 2 atom stereocenters. The Kier molecular flexibility index (Phi) is 5.01. The number of anilines is 1. The summed E-state index contributed by atoms with van der Waals surface area (Å²) in [6.45, 7) is 7.06. The average molecular weight is 276 g/mol. The first-order chi connectivity index (χ1) is 9.56. The summed E-state index contributed by atoms with van der Waals surface area (Å²) in [5, 5.41) is 6.34. The highest BCUT2D eigenvalue weighted by Gasteiger charge is 2.27. The maximum atomic E-state index is 12.3. The highest BCUT2D eigenvalue weighted by atomic mass is 16.5. The summed E-state index contributed by atoms with van der Waals surface area (Å²) in [4.78, 5) is 12.3.